The predicted octanol–water partition coefficient (Wildman–Crippen LogP) is 4.74. The molecule has 0 aromatic rings. The highest BCUT2D eigenvalue weighted by Crippen LogP contribution is 2.34. The molecule has 112 valence electrons. The van der Waals surface area contributed by atoms with E-state index >= 15 is 0 Å². The Balaban J connectivity index is 2.90. The molecule has 0 aromatic carbocycles. The van der Waals surface area contributed by atoms with Crippen molar-refractivity contribution in [2.45, 2.75) is 33.1 Å². The summed E-state index contributed by atoms with van der Waals surface area (Å²) in [7, 11) is 0. The number of allylic oxidation sites excluding steroid dienone is 2. The Hall–Kier alpha value is -1.08. The highest BCUT2D eigenvalue weighted by molar-refractivity contribution is 4.96. The van der Waals surface area contributed by atoms with Crippen LogP contribution >= 0.6 is 0 Å². The van der Waals surface area contributed by atoms with E-state index < -0.39 is 0 Å². The highest BCUT2D eigenvalue weighted by atomic mass is 15.4. The molecule has 1 rings (SSSR count). The summed E-state index contributed by atoms with van der Waals surface area (Å²) in [6, 6.07) is 0. The van der Waals surface area contributed by atoms with Crippen molar-refractivity contribution in [1.82, 2.24) is 0 Å². The average molecular weight is 274 g/mol. The summed E-state index contributed by atoms with van der Waals surface area (Å²) in [4.78, 5) is 0. The normalized spacial score (nSPS) is 24.9. The van der Waals surface area contributed by atoms with Gasteiger partial charge in [-0.25, -0.2) is 0 Å². The molecule has 20 heavy (non-hydrogen) atoms. The van der Waals surface area contributed by atoms with Gasteiger partial charge in [0.1, 0.15) is 0 Å². The number of rotatable bonds is 8. The zero-order valence-electron chi connectivity index (χ0n) is 13.5. The Morgan fingerprint density at radius 3 is 1.65 bits per heavy atom. The number of quaternary nitrogens is 1. The lowest BCUT2D eigenvalue weighted by Crippen LogP contribution is -2.57. The van der Waals surface area contributed by atoms with Gasteiger partial charge >= 0.3 is 0 Å². The first-order valence-electron chi connectivity index (χ1n) is 7.76. The maximum Gasteiger partial charge on any atom is 0.0973 e. The molecule has 1 heteroatoms. The summed E-state index contributed by atoms with van der Waals surface area (Å²) in [5, 5.41) is 0. The summed E-state index contributed by atoms with van der Waals surface area (Å²) in [5.74, 6) is 1.48. The zero-order valence-corrected chi connectivity index (χ0v) is 13.5. The van der Waals surface area contributed by atoms with Crippen molar-refractivity contribution >= 4 is 0 Å². The Bertz CT molecular complexity index is 341. The molecule has 0 bridgehead atoms. The first-order valence-corrected chi connectivity index (χ1v) is 7.76. The molecule has 1 aliphatic heterocycles. The molecule has 0 radical (unpaired) electrons. The van der Waals surface area contributed by atoms with Crippen LogP contribution in [0.4, 0.5) is 0 Å². The molecule has 0 amide bonds. The molecule has 1 heterocycles. The van der Waals surface area contributed by atoms with Crippen LogP contribution in [0.2, 0.25) is 0 Å². The number of hydrogen-bond acceptors (Lipinski definition) is 0. The fraction of sp³-hybridized carbons (Fsp3) is 0.579. The molecule has 1 fully saturated rings. The van der Waals surface area contributed by atoms with E-state index in [4.69, 9.17) is 0 Å². The van der Waals surface area contributed by atoms with Gasteiger partial charge in [-0.2, -0.15) is 0 Å². The van der Waals surface area contributed by atoms with Crippen molar-refractivity contribution in [3.8, 4) is 0 Å². The van der Waals surface area contributed by atoms with E-state index in [1.165, 1.54) is 30.7 Å². The first kappa shape index (κ1) is 17.0. The SMILES string of the molecule is C=CC[N+]1(CC=C)CC(CC(=C)C)CC(CC(=C)C)C1. The lowest BCUT2D eigenvalue weighted by Gasteiger charge is -2.47. The second kappa shape index (κ2) is 7.64. The maximum atomic E-state index is 4.11. The number of nitrogens with zero attached hydrogens (tertiary/aromatic N) is 1. The van der Waals surface area contributed by atoms with Crippen molar-refractivity contribution < 1.29 is 4.48 Å². The lowest BCUT2D eigenvalue weighted by molar-refractivity contribution is -0.929. The van der Waals surface area contributed by atoms with Crippen LogP contribution < -0.4 is 0 Å². The van der Waals surface area contributed by atoms with E-state index in [2.05, 4.69) is 52.3 Å². The number of likely N-dealkylation sites (tertiary alicyclic amines) is 1. The summed E-state index contributed by atoms with van der Waals surface area (Å²) in [6.07, 6.45) is 7.77. The highest BCUT2D eigenvalue weighted by Gasteiger charge is 2.38. The molecule has 0 spiro atoms. The van der Waals surface area contributed by atoms with E-state index in [1.54, 1.807) is 0 Å². The molecular formula is C19H32N+. The van der Waals surface area contributed by atoms with Crippen LogP contribution in [0.3, 0.4) is 0 Å². The molecule has 0 N–H and O–H groups in total. The fourth-order valence-electron chi connectivity index (χ4n) is 3.99. The van der Waals surface area contributed by atoms with Crippen molar-refractivity contribution in [2.24, 2.45) is 11.8 Å². The van der Waals surface area contributed by atoms with E-state index in [1.807, 2.05) is 0 Å². The molecule has 2 atom stereocenters. The summed E-state index contributed by atoms with van der Waals surface area (Å²) in [6.45, 7) is 25.0. The lowest BCUT2D eigenvalue weighted by atomic mass is 9.81. The third kappa shape index (κ3) is 5.13. The molecular weight excluding hydrogens is 242 g/mol. The van der Waals surface area contributed by atoms with E-state index in [-0.39, 0.29) is 0 Å². The zero-order chi connectivity index (χ0) is 15.2. The fourth-order valence-corrected chi connectivity index (χ4v) is 3.99. The minimum Gasteiger partial charge on any atom is -0.317 e. The molecule has 1 saturated heterocycles. The number of piperidine rings is 1. The minimum absolute atomic E-state index is 0.741. The van der Waals surface area contributed by atoms with Crippen molar-refractivity contribution in [2.75, 3.05) is 26.2 Å². The second-order valence-electron chi connectivity index (χ2n) is 6.94. The van der Waals surface area contributed by atoms with Gasteiger partial charge in [-0.05, 0) is 45.3 Å². The van der Waals surface area contributed by atoms with Crippen molar-refractivity contribution in [3.05, 3.63) is 49.6 Å². The second-order valence-corrected chi connectivity index (χ2v) is 6.94. The monoisotopic (exact) mass is 274 g/mol. The molecule has 0 aliphatic carbocycles. The van der Waals surface area contributed by atoms with Gasteiger partial charge in [0.2, 0.25) is 0 Å². The van der Waals surface area contributed by atoms with Crippen molar-refractivity contribution in [3.63, 3.8) is 0 Å². The van der Waals surface area contributed by atoms with Crippen molar-refractivity contribution in [1.29, 1.82) is 0 Å². The third-order valence-corrected chi connectivity index (χ3v) is 4.26. The summed E-state index contributed by atoms with van der Waals surface area (Å²) in [5.41, 5.74) is 2.61. The van der Waals surface area contributed by atoms with Gasteiger partial charge in [0, 0.05) is 11.8 Å². The molecule has 0 aromatic heterocycles. The van der Waals surface area contributed by atoms with E-state index in [9.17, 15) is 0 Å². The number of hydrogen-bond donors (Lipinski definition) is 0. The average Bonchev–Trinajstić information content (AvgIpc) is 2.26. The summed E-state index contributed by atoms with van der Waals surface area (Å²) >= 11 is 0. The van der Waals surface area contributed by atoms with E-state index in [0.29, 0.717) is 0 Å². The van der Waals surface area contributed by atoms with Crippen LogP contribution in [0.25, 0.3) is 0 Å². The molecule has 2 unspecified atom stereocenters. The molecule has 0 saturated carbocycles. The topological polar surface area (TPSA) is 0 Å². The smallest absolute Gasteiger partial charge is 0.0973 e. The van der Waals surface area contributed by atoms with Crippen LogP contribution in [0, 0.1) is 11.8 Å². The largest absolute Gasteiger partial charge is 0.317 e. The minimum atomic E-state index is 0.741. The predicted molar refractivity (Wildman–Crippen MR) is 90.6 cm³/mol. The Labute approximate surface area is 126 Å². The van der Waals surface area contributed by atoms with Gasteiger partial charge in [0.25, 0.3) is 0 Å². The summed E-state index contributed by atoms with van der Waals surface area (Å²) < 4.78 is 1.11. The Morgan fingerprint density at radius 2 is 1.35 bits per heavy atom. The van der Waals surface area contributed by atoms with E-state index in [0.717, 1.165) is 42.2 Å². The standard InChI is InChI=1S/C19H32N/c1-7-9-20(10-8-2)14-18(11-16(3)4)13-19(15-20)12-17(5)6/h7-8,18-19H,1-3,5,9-15H2,4,6H3/q+1. The molecule has 1 nitrogen and oxygen atoms in total. The van der Waals surface area contributed by atoms with Gasteiger partial charge < -0.3 is 4.48 Å². The van der Waals surface area contributed by atoms with Gasteiger partial charge in [0.05, 0.1) is 26.2 Å². The molecule has 1 aliphatic rings. The van der Waals surface area contributed by atoms with Crippen LogP contribution in [-0.2, 0) is 0 Å². The van der Waals surface area contributed by atoms with Gasteiger partial charge in [-0.1, -0.05) is 24.3 Å². The first-order chi connectivity index (χ1) is 9.40. The van der Waals surface area contributed by atoms with Crippen LogP contribution in [0.1, 0.15) is 33.1 Å². The van der Waals surface area contributed by atoms with Crippen LogP contribution in [-0.4, -0.2) is 30.7 Å². The third-order valence-electron chi connectivity index (χ3n) is 4.26. The van der Waals surface area contributed by atoms with Gasteiger partial charge in [0.15, 0.2) is 0 Å². The van der Waals surface area contributed by atoms with Gasteiger partial charge in [-0.15, -0.1) is 13.2 Å². The Kier molecular flexibility index (Phi) is 6.48. The maximum absolute atomic E-state index is 4.11. The van der Waals surface area contributed by atoms with Crippen LogP contribution in [0.5, 0.6) is 0 Å². The Morgan fingerprint density at radius 1 is 0.950 bits per heavy atom. The van der Waals surface area contributed by atoms with Crippen LogP contribution in [0.15, 0.2) is 49.6 Å². The van der Waals surface area contributed by atoms with Gasteiger partial charge in [-0.3, -0.25) is 0 Å². The quantitative estimate of drug-likeness (QED) is 0.443.